The van der Waals surface area contributed by atoms with Crippen molar-refractivity contribution >= 4 is 17.2 Å². The molecule has 1 heterocycles. The van der Waals surface area contributed by atoms with Crippen LogP contribution in [0.5, 0.6) is 0 Å². The number of aryl methyl sites for hydroxylation is 2. The van der Waals surface area contributed by atoms with Crippen LogP contribution < -0.4 is 0 Å². The lowest BCUT2D eigenvalue weighted by atomic mass is 9.95. The molecule has 0 amide bonds. The van der Waals surface area contributed by atoms with Gasteiger partial charge in [-0.2, -0.15) is 0 Å². The van der Waals surface area contributed by atoms with Crippen molar-refractivity contribution < 1.29 is 0 Å². The minimum atomic E-state index is 1.05. The van der Waals surface area contributed by atoms with Gasteiger partial charge in [0.05, 0.1) is 0 Å². The minimum absolute atomic E-state index is 1.05. The Kier molecular flexibility index (Phi) is 8.70. The molecule has 0 radical (unpaired) electrons. The summed E-state index contributed by atoms with van der Waals surface area (Å²) < 4.78 is 0. The number of nitrogens with zero attached hydrogens (tertiary/aromatic N) is 1. The van der Waals surface area contributed by atoms with Crippen molar-refractivity contribution in [3.8, 4) is 0 Å². The fraction of sp³-hybridized carbons (Fsp3) is 0.444. The number of rotatable bonds is 9. The summed E-state index contributed by atoms with van der Waals surface area (Å²) in [4.78, 5) is 4.70. The lowest BCUT2D eigenvalue weighted by Gasteiger charge is -2.12. The summed E-state index contributed by atoms with van der Waals surface area (Å²) in [6.45, 7) is 13.3. The highest BCUT2D eigenvalue weighted by molar-refractivity contribution is 5.82. The van der Waals surface area contributed by atoms with E-state index in [9.17, 15) is 0 Å². The molecule has 1 nitrogen and oxygen atoms in total. The fourth-order valence-corrected chi connectivity index (χ4v) is 3.69. The molecule has 0 aliphatic rings. The molecule has 0 unspecified atom stereocenters. The first-order valence-electron chi connectivity index (χ1n) is 10.9. The summed E-state index contributed by atoms with van der Waals surface area (Å²) >= 11 is 0. The van der Waals surface area contributed by atoms with Gasteiger partial charge in [0.2, 0.25) is 0 Å². The van der Waals surface area contributed by atoms with E-state index in [-0.39, 0.29) is 0 Å². The van der Waals surface area contributed by atoms with E-state index in [0.717, 1.165) is 18.5 Å². The Morgan fingerprint density at radius 3 is 2.43 bits per heavy atom. The van der Waals surface area contributed by atoms with E-state index in [2.05, 4.69) is 78.0 Å². The number of benzene rings is 1. The highest BCUT2D eigenvalue weighted by Crippen LogP contribution is 2.27. The molecule has 1 heteroatoms. The van der Waals surface area contributed by atoms with Crippen molar-refractivity contribution in [2.45, 2.75) is 80.1 Å². The SMILES string of the molecule is CCCCCc1cccc(/C(C)=C/c2cc(/C(CC)=C(\C)CC)cnc2C)c1. The van der Waals surface area contributed by atoms with Gasteiger partial charge >= 0.3 is 0 Å². The van der Waals surface area contributed by atoms with Crippen LogP contribution in [-0.4, -0.2) is 4.98 Å². The highest BCUT2D eigenvalue weighted by Gasteiger charge is 2.07. The van der Waals surface area contributed by atoms with Gasteiger partial charge in [-0.15, -0.1) is 0 Å². The average Bonchev–Trinajstić information content (AvgIpc) is 2.71. The van der Waals surface area contributed by atoms with E-state index in [4.69, 9.17) is 4.98 Å². The van der Waals surface area contributed by atoms with Crippen LogP contribution in [0.3, 0.4) is 0 Å². The van der Waals surface area contributed by atoms with Gasteiger partial charge in [0.25, 0.3) is 0 Å². The molecule has 150 valence electrons. The molecule has 2 aromatic rings. The molecular weight excluding hydrogens is 338 g/mol. The zero-order valence-electron chi connectivity index (χ0n) is 18.7. The molecule has 28 heavy (non-hydrogen) atoms. The van der Waals surface area contributed by atoms with Crippen LogP contribution in [0.1, 0.15) is 94.7 Å². The molecule has 0 saturated carbocycles. The second-order valence-corrected chi connectivity index (χ2v) is 7.85. The Morgan fingerprint density at radius 2 is 1.75 bits per heavy atom. The third kappa shape index (κ3) is 5.92. The van der Waals surface area contributed by atoms with Crippen molar-refractivity contribution in [3.05, 3.63) is 70.0 Å². The molecule has 2 rings (SSSR count). The quantitative estimate of drug-likeness (QED) is 0.402. The summed E-state index contributed by atoms with van der Waals surface area (Å²) in [6.07, 6.45) is 11.5. The first kappa shape index (κ1) is 22.1. The van der Waals surface area contributed by atoms with Crippen LogP contribution in [0.2, 0.25) is 0 Å². The second-order valence-electron chi connectivity index (χ2n) is 7.85. The van der Waals surface area contributed by atoms with E-state index in [1.807, 2.05) is 6.20 Å². The first-order chi connectivity index (χ1) is 13.5. The first-order valence-corrected chi connectivity index (χ1v) is 10.9. The number of hydrogen-bond donors (Lipinski definition) is 0. The number of pyridine rings is 1. The molecule has 0 aliphatic carbocycles. The number of allylic oxidation sites excluding steroid dienone is 3. The summed E-state index contributed by atoms with van der Waals surface area (Å²) in [6, 6.07) is 11.3. The van der Waals surface area contributed by atoms with Crippen LogP contribution in [0.15, 0.2) is 42.1 Å². The van der Waals surface area contributed by atoms with Gasteiger partial charge in [0.15, 0.2) is 0 Å². The highest BCUT2D eigenvalue weighted by atomic mass is 14.7. The van der Waals surface area contributed by atoms with Crippen molar-refractivity contribution in [2.24, 2.45) is 0 Å². The molecule has 0 aliphatic heterocycles. The van der Waals surface area contributed by atoms with Crippen molar-refractivity contribution in [2.75, 3.05) is 0 Å². The predicted octanol–water partition coefficient (Wildman–Crippen LogP) is 8.28. The Bertz CT molecular complexity index is 839. The Balaban J connectivity index is 2.34. The van der Waals surface area contributed by atoms with E-state index in [1.165, 1.54) is 64.7 Å². The fourth-order valence-electron chi connectivity index (χ4n) is 3.69. The van der Waals surface area contributed by atoms with Gasteiger partial charge < -0.3 is 0 Å². The molecular formula is C27H37N. The number of aromatic nitrogens is 1. The van der Waals surface area contributed by atoms with Crippen molar-refractivity contribution in [3.63, 3.8) is 0 Å². The van der Waals surface area contributed by atoms with E-state index in [1.54, 1.807) is 0 Å². The lowest BCUT2D eigenvalue weighted by molar-refractivity contribution is 0.717. The smallest absolute Gasteiger partial charge is 0.0445 e. The predicted molar refractivity (Wildman–Crippen MR) is 125 cm³/mol. The van der Waals surface area contributed by atoms with Crippen LogP contribution in [-0.2, 0) is 6.42 Å². The van der Waals surface area contributed by atoms with Gasteiger partial charge in [0, 0.05) is 11.9 Å². The monoisotopic (exact) mass is 375 g/mol. The van der Waals surface area contributed by atoms with Gasteiger partial charge in [-0.1, -0.05) is 63.5 Å². The van der Waals surface area contributed by atoms with Gasteiger partial charge in [0.1, 0.15) is 0 Å². The molecule has 0 fully saturated rings. The average molecular weight is 376 g/mol. The Labute approximate surface area is 172 Å². The van der Waals surface area contributed by atoms with Crippen LogP contribution in [0.4, 0.5) is 0 Å². The molecule has 0 bridgehead atoms. The van der Waals surface area contributed by atoms with Gasteiger partial charge in [-0.05, 0) is 92.0 Å². The summed E-state index contributed by atoms with van der Waals surface area (Å²) in [7, 11) is 0. The van der Waals surface area contributed by atoms with Gasteiger partial charge in [-0.25, -0.2) is 0 Å². The molecule has 1 aromatic carbocycles. The van der Waals surface area contributed by atoms with E-state index < -0.39 is 0 Å². The summed E-state index contributed by atoms with van der Waals surface area (Å²) in [5, 5.41) is 0. The maximum absolute atomic E-state index is 4.70. The van der Waals surface area contributed by atoms with Crippen molar-refractivity contribution in [1.82, 2.24) is 4.98 Å². The standard InChI is InChI=1S/C27H37N/c1-7-10-11-13-23-14-12-15-24(17-23)21(5)16-25-18-26(19-28-22(25)6)27(9-3)20(4)8-2/h12,14-19H,7-11,13H2,1-6H3/b21-16+,27-20+. The zero-order valence-corrected chi connectivity index (χ0v) is 18.7. The Hall–Kier alpha value is -2.15. The summed E-state index contributed by atoms with van der Waals surface area (Å²) in [5.74, 6) is 0. The van der Waals surface area contributed by atoms with Gasteiger partial charge in [-0.3, -0.25) is 4.98 Å². The third-order valence-electron chi connectivity index (χ3n) is 5.70. The lowest BCUT2D eigenvalue weighted by Crippen LogP contribution is -1.94. The van der Waals surface area contributed by atoms with Crippen molar-refractivity contribution in [1.29, 1.82) is 0 Å². The third-order valence-corrected chi connectivity index (χ3v) is 5.70. The topological polar surface area (TPSA) is 12.9 Å². The van der Waals surface area contributed by atoms with Crippen LogP contribution >= 0.6 is 0 Å². The number of unbranched alkanes of at least 4 members (excludes halogenated alkanes) is 2. The normalized spacial score (nSPS) is 12.9. The molecule has 1 aromatic heterocycles. The van der Waals surface area contributed by atoms with E-state index >= 15 is 0 Å². The number of hydrogen-bond acceptors (Lipinski definition) is 1. The Morgan fingerprint density at radius 1 is 0.964 bits per heavy atom. The molecule has 0 saturated heterocycles. The minimum Gasteiger partial charge on any atom is -0.260 e. The molecule has 0 atom stereocenters. The van der Waals surface area contributed by atoms with Crippen LogP contribution in [0.25, 0.3) is 17.2 Å². The van der Waals surface area contributed by atoms with Crippen LogP contribution in [0, 0.1) is 6.92 Å². The maximum atomic E-state index is 4.70. The molecule has 0 spiro atoms. The molecule has 0 N–H and O–H groups in total. The maximum Gasteiger partial charge on any atom is 0.0445 e. The zero-order chi connectivity index (χ0) is 20.5. The van der Waals surface area contributed by atoms with E-state index in [0.29, 0.717) is 0 Å². The second kappa shape index (κ2) is 11.0. The largest absolute Gasteiger partial charge is 0.260 e. The summed E-state index contributed by atoms with van der Waals surface area (Å²) in [5.41, 5.74) is 10.5.